The number of aryl methyl sites for hydroxylation is 1. The normalized spacial score (nSPS) is 9.79. The van der Waals surface area contributed by atoms with Gasteiger partial charge in [-0.15, -0.1) is 0 Å². The van der Waals surface area contributed by atoms with Crippen molar-refractivity contribution in [2.24, 2.45) is 5.73 Å². The van der Waals surface area contributed by atoms with Crippen molar-refractivity contribution in [3.05, 3.63) is 35.4 Å². The van der Waals surface area contributed by atoms with E-state index in [4.69, 9.17) is 11.1 Å². The molecule has 1 aromatic carbocycles. The van der Waals surface area contributed by atoms with Crippen LogP contribution in [0.5, 0.6) is 0 Å². The molecule has 0 saturated heterocycles. The number of carbonyl (C=O) groups is 1. The van der Waals surface area contributed by atoms with Gasteiger partial charge in [-0.05, 0) is 18.9 Å². The second kappa shape index (κ2) is 4.56. The lowest BCUT2D eigenvalue weighted by Gasteiger charge is -2.02. The summed E-state index contributed by atoms with van der Waals surface area (Å²) in [5, 5.41) is 7.69. The van der Waals surface area contributed by atoms with E-state index >= 15 is 0 Å². The van der Waals surface area contributed by atoms with Crippen LogP contribution in [-0.4, -0.2) is 11.6 Å². The van der Waals surface area contributed by atoms with Crippen LogP contribution >= 0.6 is 0 Å². The highest BCUT2D eigenvalue weighted by Gasteiger charge is 2.02. The minimum atomic E-state index is -0.359. The Labute approximate surface area is 83.4 Å². The van der Waals surface area contributed by atoms with Crippen molar-refractivity contribution in [3.8, 4) is 0 Å². The Hall–Kier alpha value is -1.64. The van der Waals surface area contributed by atoms with Gasteiger partial charge >= 0.3 is 0 Å². The lowest BCUT2D eigenvalue weighted by Crippen LogP contribution is -2.12. The summed E-state index contributed by atoms with van der Waals surface area (Å²) in [6, 6.07) is 7.68. The first kappa shape index (κ1) is 10.4. The largest absolute Gasteiger partial charge is 0.370 e. The molecule has 0 atom stereocenters. The molecule has 0 saturated carbocycles. The SMILES string of the molecule is Cc1ccc(C(=N)CCC(N)=O)cc1. The first-order valence-electron chi connectivity index (χ1n) is 4.52. The Bertz CT molecular complexity index is 341. The van der Waals surface area contributed by atoms with Crippen LogP contribution in [-0.2, 0) is 4.79 Å². The molecule has 0 spiro atoms. The molecule has 0 fully saturated rings. The number of carbonyl (C=O) groups excluding carboxylic acids is 1. The predicted molar refractivity (Wildman–Crippen MR) is 56.4 cm³/mol. The zero-order valence-corrected chi connectivity index (χ0v) is 8.21. The van der Waals surface area contributed by atoms with Gasteiger partial charge in [0.25, 0.3) is 0 Å². The Balaban J connectivity index is 2.61. The molecule has 3 nitrogen and oxygen atoms in total. The van der Waals surface area contributed by atoms with Crippen molar-refractivity contribution in [3.63, 3.8) is 0 Å². The zero-order chi connectivity index (χ0) is 10.6. The van der Waals surface area contributed by atoms with Gasteiger partial charge in [0.1, 0.15) is 0 Å². The van der Waals surface area contributed by atoms with Crippen LogP contribution in [0.2, 0.25) is 0 Å². The van der Waals surface area contributed by atoms with Gasteiger partial charge in [0.05, 0.1) is 0 Å². The van der Waals surface area contributed by atoms with E-state index in [0.29, 0.717) is 12.1 Å². The molecule has 0 radical (unpaired) electrons. The summed E-state index contributed by atoms with van der Waals surface area (Å²) in [7, 11) is 0. The van der Waals surface area contributed by atoms with Gasteiger partial charge in [-0.3, -0.25) is 4.79 Å². The van der Waals surface area contributed by atoms with Gasteiger partial charge in [-0.2, -0.15) is 0 Å². The monoisotopic (exact) mass is 190 g/mol. The third-order valence-corrected chi connectivity index (χ3v) is 2.02. The van der Waals surface area contributed by atoms with Gasteiger partial charge in [0.15, 0.2) is 0 Å². The molecular formula is C11H14N2O. The summed E-state index contributed by atoms with van der Waals surface area (Å²) >= 11 is 0. The number of primary amides is 1. The minimum Gasteiger partial charge on any atom is -0.370 e. The lowest BCUT2D eigenvalue weighted by molar-refractivity contribution is -0.117. The number of amides is 1. The van der Waals surface area contributed by atoms with Gasteiger partial charge in [-0.25, -0.2) is 0 Å². The molecule has 0 aromatic heterocycles. The number of nitrogens with one attached hydrogen (secondary N) is 1. The molecule has 0 aliphatic rings. The summed E-state index contributed by atoms with van der Waals surface area (Å²) in [5.74, 6) is -0.359. The molecule has 3 N–H and O–H groups in total. The van der Waals surface area contributed by atoms with Gasteiger partial charge in [-0.1, -0.05) is 29.8 Å². The van der Waals surface area contributed by atoms with Crippen LogP contribution in [0.15, 0.2) is 24.3 Å². The molecule has 0 unspecified atom stereocenters. The van der Waals surface area contributed by atoms with E-state index in [1.54, 1.807) is 0 Å². The fourth-order valence-electron chi connectivity index (χ4n) is 1.15. The molecule has 0 heterocycles. The van der Waals surface area contributed by atoms with E-state index in [1.165, 1.54) is 0 Å². The van der Waals surface area contributed by atoms with E-state index < -0.39 is 0 Å². The van der Waals surface area contributed by atoms with Gasteiger partial charge < -0.3 is 11.1 Å². The molecule has 0 aliphatic carbocycles. The maximum Gasteiger partial charge on any atom is 0.217 e. The maximum atomic E-state index is 10.5. The highest BCUT2D eigenvalue weighted by molar-refractivity contribution is 5.99. The van der Waals surface area contributed by atoms with E-state index in [-0.39, 0.29) is 12.3 Å². The first-order valence-corrected chi connectivity index (χ1v) is 4.52. The first-order chi connectivity index (χ1) is 6.59. The fourth-order valence-corrected chi connectivity index (χ4v) is 1.15. The van der Waals surface area contributed by atoms with Crippen LogP contribution in [0.4, 0.5) is 0 Å². The third-order valence-electron chi connectivity index (χ3n) is 2.02. The van der Waals surface area contributed by atoms with Crippen molar-refractivity contribution in [2.75, 3.05) is 0 Å². The zero-order valence-electron chi connectivity index (χ0n) is 8.21. The van der Waals surface area contributed by atoms with E-state index in [0.717, 1.165) is 11.1 Å². The molecular weight excluding hydrogens is 176 g/mol. The Kier molecular flexibility index (Phi) is 3.40. The highest BCUT2D eigenvalue weighted by atomic mass is 16.1. The van der Waals surface area contributed by atoms with Crippen LogP contribution in [0.1, 0.15) is 24.0 Å². The highest BCUT2D eigenvalue weighted by Crippen LogP contribution is 2.07. The number of nitrogens with two attached hydrogens (primary N) is 1. The van der Waals surface area contributed by atoms with E-state index in [1.807, 2.05) is 31.2 Å². The van der Waals surface area contributed by atoms with Crippen LogP contribution < -0.4 is 5.73 Å². The van der Waals surface area contributed by atoms with Crippen molar-refractivity contribution in [2.45, 2.75) is 19.8 Å². The summed E-state index contributed by atoms with van der Waals surface area (Å²) in [4.78, 5) is 10.5. The molecule has 1 aromatic rings. The molecule has 14 heavy (non-hydrogen) atoms. The number of rotatable bonds is 4. The smallest absolute Gasteiger partial charge is 0.217 e. The second-order valence-electron chi connectivity index (χ2n) is 3.31. The summed E-state index contributed by atoms with van der Waals surface area (Å²) in [6.45, 7) is 2.00. The van der Waals surface area contributed by atoms with Gasteiger partial charge in [0, 0.05) is 12.1 Å². The third kappa shape index (κ3) is 3.01. The summed E-state index contributed by atoms with van der Waals surface area (Å²) in [6.07, 6.45) is 0.658. The van der Waals surface area contributed by atoms with Crippen LogP contribution in [0.25, 0.3) is 0 Å². The number of hydrogen-bond acceptors (Lipinski definition) is 2. The average Bonchev–Trinajstić information content (AvgIpc) is 2.15. The summed E-state index contributed by atoms with van der Waals surface area (Å²) < 4.78 is 0. The van der Waals surface area contributed by atoms with Gasteiger partial charge in [0.2, 0.25) is 5.91 Å². The van der Waals surface area contributed by atoms with E-state index in [9.17, 15) is 4.79 Å². The molecule has 1 amide bonds. The minimum absolute atomic E-state index is 0.243. The van der Waals surface area contributed by atoms with Crippen LogP contribution in [0.3, 0.4) is 0 Å². The van der Waals surface area contributed by atoms with Crippen molar-refractivity contribution < 1.29 is 4.79 Å². The number of hydrogen-bond donors (Lipinski definition) is 2. The predicted octanol–water partition coefficient (Wildman–Crippen LogP) is 1.63. The van der Waals surface area contributed by atoms with Crippen molar-refractivity contribution in [1.82, 2.24) is 0 Å². The van der Waals surface area contributed by atoms with E-state index in [2.05, 4.69) is 0 Å². The average molecular weight is 190 g/mol. The number of benzene rings is 1. The Morgan fingerprint density at radius 2 is 1.86 bits per heavy atom. The molecule has 0 aliphatic heterocycles. The van der Waals surface area contributed by atoms with Crippen molar-refractivity contribution >= 4 is 11.6 Å². The molecule has 0 bridgehead atoms. The van der Waals surface area contributed by atoms with Crippen molar-refractivity contribution in [1.29, 1.82) is 5.41 Å². The Morgan fingerprint density at radius 3 is 2.36 bits per heavy atom. The standard InChI is InChI=1S/C11H14N2O/c1-8-2-4-9(5-3-8)10(12)6-7-11(13)14/h2-5,12H,6-7H2,1H3,(H2,13,14). The molecule has 1 rings (SSSR count). The topological polar surface area (TPSA) is 66.9 Å². The maximum absolute atomic E-state index is 10.5. The quantitative estimate of drug-likeness (QED) is 0.696. The second-order valence-corrected chi connectivity index (χ2v) is 3.31. The molecule has 3 heteroatoms. The van der Waals surface area contributed by atoms with Crippen LogP contribution in [0, 0.1) is 12.3 Å². The molecule has 74 valence electrons. The lowest BCUT2D eigenvalue weighted by atomic mass is 10.0. The Morgan fingerprint density at radius 1 is 1.29 bits per heavy atom. The summed E-state index contributed by atoms with van der Waals surface area (Å²) in [5.41, 5.74) is 7.49. The fraction of sp³-hybridized carbons (Fsp3) is 0.273.